The maximum absolute atomic E-state index is 11.1. The van der Waals surface area contributed by atoms with Gasteiger partial charge < -0.3 is 15.0 Å². The number of nitriles is 1. The largest absolute Gasteiger partial charge is 0.494 e. The maximum Gasteiger partial charge on any atom is 0.290 e. The summed E-state index contributed by atoms with van der Waals surface area (Å²) >= 11 is 0. The number of carbonyl (C=O) groups is 1. The first-order valence-electron chi connectivity index (χ1n) is 8.18. The second-order valence-corrected chi connectivity index (χ2v) is 5.86. The number of hydrogen-bond acceptors (Lipinski definition) is 7. The Kier molecular flexibility index (Phi) is 5.26. The molecule has 1 fully saturated rings. The first kappa shape index (κ1) is 16.9. The molecule has 2 N–H and O–H groups in total. The molecular formula is C17H19N5O3. The molecule has 1 aliphatic heterocycles. The van der Waals surface area contributed by atoms with E-state index in [-0.39, 0.29) is 11.9 Å². The van der Waals surface area contributed by atoms with Crippen LogP contribution in [0.15, 0.2) is 28.8 Å². The number of carbonyl (C=O) groups excluding carboxylic acids is 1. The monoisotopic (exact) mass is 341 g/mol. The highest BCUT2D eigenvalue weighted by Gasteiger charge is 2.30. The predicted octanol–water partition coefficient (Wildman–Crippen LogP) is 1.65. The predicted molar refractivity (Wildman–Crippen MR) is 87.6 cm³/mol. The fraction of sp³-hybridized carbons (Fsp3) is 0.412. The van der Waals surface area contributed by atoms with Crippen molar-refractivity contribution in [3.63, 3.8) is 0 Å². The van der Waals surface area contributed by atoms with Gasteiger partial charge in [0.2, 0.25) is 5.89 Å². The Bertz CT molecular complexity index is 783. The normalized spacial score (nSPS) is 17.3. The van der Waals surface area contributed by atoms with E-state index in [1.807, 2.05) is 6.07 Å². The number of rotatable bonds is 7. The van der Waals surface area contributed by atoms with Gasteiger partial charge in [-0.25, -0.2) is 0 Å². The number of aromatic nitrogens is 2. The average molecular weight is 341 g/mol. The molecular weight excluding hydrogens is 322 g/mol. The van der Waals surface area contributed by atoms with E-state index < -0.39 is 5.91 Å². The summed E-state index contributed by atoms with van der Waals surface area (Å²) in [6.07, 6.45) is 2.76. The van der Waals surface area contributed by atoms with Gasteiger partial charge in [0.25, 0.3) is 11.7 Å². The molecule has 130 valence electrons. The number of nitrogens with two attached hydrogens (primary N) is 1. The van der Waals surface area contributed by atoms with Crippen molar-refractivity contribution in [1.82, 2.24) is 15.0 Å². The summed E-state index contributed by atoms with van der Waals surface area (Å²) in [5.41, 5.74) is 5.74. The van der Waals surface area contributed by atoms with Crippen molar-refractivity contribution < 1.29 is 14.1 Å². The molecule has 1 atom stereocenters. The molecule has 1 aromatic heterocycles. The summed E-state index contributed by atoms with van der Waals surface area (Å²) in [6, 6.07) is 9.21. The van der Waals surface area contributed by atoms with Crippen molar-refractivity contribution >= 4 is 5.91 Å². The summed E-state index contributed by atoms with van der Waals surface area (Å²) in [4.78, 5) is 17.4. The Hall–Kier alpha value is -2.92. The molecule has 3 rings (SSSR count). The van der Waals surface area contributed by atoms with Crippen LogP contribution in [0, 0.1) is 11.3 Å². The topological polar surface area (TPSA) is 118 Å². The zero-order valence-corrected chi connectivity index (χ0v) is 13.7. The van der Waals surface area contributed by atoms with Gasteiger partial charge in [-0.1, -0.05) is 11.2 Å². The van der Waals surface area contributed by atoms with Crippen LogP contribution >= 0.6 is 0 Å². The summed E-state index contributed by atoms with van der Waals surface area (Å²) < 4.78 is 10.9. The number of ether oxygens (including phenoxy) is 1. The molecule has 1 aliphatic rings. The Morgan fingerprint density at radius 2 is 2.40 bits per heavy atom. The van der Waals surface area contributed by atoms with Crippen LogP contribution in [0.2, 0.25) is 0 Å². The molecule has 0 spiro atoms. The van der Waals surface area contributed by atoms with E-state index in [1.54, 1.807) is 18.2 Å². The van der Waals surface area contributed by atoms with Crippen LogP contribution in [0.4, 0.5) is 0 Å². The molecule has 25 heavy (non-hydrogen) atoms. The Labute approximate surface area is 145 Å². The van der Waals surface area contributed by atoms with Crippen molar-refractivity contribution in [2.45, 2.75) is 25.3 Å². The number of nitrogens with zero attached hydrogens (tertiary/aromatic N) is 4. The van der Waals surface area contributed by atoms with Gasteiger partial charge in [-0.15, -0.1) is 0 Å². The van der Waals surface area contributed by atoms with E-state index in [1.165, 1.54) is 0 Å². The zero-order valence-electron chi connectivity index (χ0n) is 13.7. The number of benzene rings is 1. The van der Waals surface area contributed by atoms with Crippen LogP contribution in [0.1, 0.15) is 47.4 Å². The van der Waals surface area contributed by atoms with E-state index in [0.717, 1.165) is 32.4 Å². The number of primary amides is 1. The van der Waals surface area contributed by atoms with Crippen molar-refractivity contribution in [2.24, 2.45) is 5.73 Å². The van der Waals surface area contributed by atoms with Gasteiger partial charge in [-0.3, -0.25) is 9.69 Å². The molecule has 0 unspecified atom stereocenters. The fourth-order valence-corrected chi connectivity index (χ4v) is 2.96. The van der Waals surface area contributed by atoms with Crippen LogP contribution in [-0.2, 0) is 0 Å². The van der Waals surface area contributed by atoms with Crippen LogP contribution in [0.25, 0.3) is 0 Å². The van der Waals surface area contributed by atoms with Crippen molar-refractivity contribution in [2.75, 3.05) is 19.7 Å². The van der Waals surface area contributed by atoms with Gasteiger partial charge in [0.05, 0.1) is 24.3 Å². The molecule has 1 saturated heterocycles. The molecule has 1 aromatic carbocycles. The molecule has 2 heterocycles. The molecule has 2 aromatic rings. The van der Waals surface area contributed by atoms with E-state index in [2.05, 4.69) is 21.1 Å². The Balaban J connectivity index is 1.50. The van der Waals surface area contributed by atoms with Crippen LogP contribution in [0.5, 0.6) is 5.75 Å². The standard InChI is InChI=1S/C17H19N5O3/c18-11-12-4-1-5-13(10-12)24-9-3-8-22-7-2-6-14(22)17-20-16(15(19)23)21-25-17/h1,4-5,10,14H,2-3,6-9H2,(H2,19,23)/t14-/m0/s1. The highest BCUT2D eigenvalue weighted by Crippen LogP contribution is 2.30. The maximum atomic E-state index is 11.1. The van der Waals surface area contributed by atoms with Gasteiger partial charge in [0, 0.05) is 6.54 Å². The minimum atomic E-state index is -0.687. The van der Waals surface area contributed by atoms with Crippen molar-refractivity contribution in [1.29, 1.82) is 5.26 Å². The number of hydrogen-bond donors (Lipinski definition) is 1. The highest BCUT2D eigenvalue weighted by atomic mass is 16.5. The van der Waals surface area contributed by atoms with E-state index >= 15 is 0 Å². The quantitative estimate of drug-likeness (QED) is 0.760. The first-order valence-corrected chi connectivity index (χ1v) is 8.18. The number of amides is 1. The second-order valence-electron chi connectivity index (χ2n) is 5.86. The SMILES string of the molecule is N#Cc1cccc(OCCCN2CCC[C@H]2c2nc(C(N)=O)no2)c1. The lowest BCUT2D eigenvalue weighted by Crippen LogP contribution is -2.26. The third-order valence-electron chi connectivity index (χ3n) is 4.13. The minimum Gasteiger partial charge on any atom is -0.494 e. The van der Waals surface area contributed by atoms with Gasteiger partial charge in [-0.2, -0.15) is 10.2 Å². The Morgan fingerprint density at radius 1 is 1.52 bits per heavy atom. The molecule has 0 radical (unpaired) electrons. The fourth-order valence-electron chi connectivity index (χ4n) is 2.96. The van der Waals surface area contributed by atoms with E-state index in [0.29, 0.717) is 23.8 Å². The molecule has 8 nitrogen and oxygen atoms in total. The third-order valence-corrected chi connectivity index (χ3v) is 4.13. The smallest absolute Gasteiger partial charge is 0.290 e. The molecule has 0 aliphatic carbocycles. The molecule has 1 amide bonds. The lowest BCUT2D eigenvalue weighted by Gasteiger charge is -2.21. The summed E-state index contributed by atoms with van der Waals surface area (Å²) in [5, 5.41) is 12.5. The van der Waals surface area contributed by atoms with Crippen molar-refractivity contribution in [3.05, 3.63) is 41.5 Å². The van der Waals surface area contributed by atoms with E-state index in [9.17, 15) is 4.79 Å². The van der Waals surface area contributed by atoms with Crippen molar-refractivity contribution in [3.8, 4) is 11.8 Å². The van der Waals surface area contributed by atoms with Crippen LogP contribution < -0.4 is 10.5 Å². The molecule has 0 saturated carbocycles. The van der Waals surface area contributed by atoms with E-state index in [4.69, 9.17) is 20.3 Å². The Morgan fingerprint density at radius 3 is 3.16 bits per heavy atom. The lowest BCUT2D eigenvalue weighted by molar-refractivity contribution is 0.0987. The van der Waals surface area contributed by atoms with Gasteiger partial charge in [0.1, 0.15) is 5.75 Å². The average Bonchev–Trinajstić information content (AvgIpc) is 3.28. The zero-order chi connectivity index (χ0) is 17.6. The van der Waals surface area contributed by atoms with Gasteiger partial charge in [0.15, 0.2) is 0 Å². The van der Waals surface area contributed by atoms with Crippen LogP contribution in [0.3, 0.4) is 0 Å². The third kappa shape index (κ3) is 4.14. The van der Waals surface area contributed by atoms with Crippen LogP contribution in [-0.4, -0.2) is 40.6 Å². The molecule has 8 heteroatoms. The number of likely N-dealkylation sites (tertiary alicyclic amines) is 1. The highest BCUT2D eigenvalue weighted by molar-refractivity contribution is 5.88. The first-order chi connectivity index (χ1) is 12.2. The summed E-state index contributed by atoms with van der Waals surface area (Å²) in [6.45, 7) is 2.30. The second kappa shape index (κ2) is 7.77. The van der Waals surface area contributed by atoms with Gasteiger partial charge in [-0.05, 0) is 44.0 Å². The summed E-state index contributed by atoms with van der Waals surface area (Å²) in [7, 11) is 0. The molecule has 0 bridgehead atoms. The minimum absolute atomic E-state index is 0.0162. The summed E-state index contributed by atoms with van der Waals surface area (Å²) in [5.74, 6) is 0.365. The lowest BCUT2D eigenvalue weighted by atomic mass is 10.2. The van der Waals surface area contributed by atoms with Gasteiger partial charge >= 0.3 is 0 Å².